The third kappa shape index (κ3) is 14.5. The molecule has 0 unspecified atom stereocenters. The Morgan fingerprint density at radius 2 is 1.21 bits per heavy atom. The summed E-state index contributed by atoms with van der Waals surface area (Å²) < 4.78 is 21.8. The van der Waals surface area contributed by atoms with Gasteiger partial charge < -0.3 is 19.6 Å². The van der Waals surface area contributed by atoms with Crippen LogP contribution in [0.2, 0.25) is 0 Å². The zero-order chi connectivity index (χ0) is 14.9. The van der Waals surface area contributed by atoms with Crippen molar-refractivity contribution in [2.75, 3.05) is 19.1 Å². The quantitative estimate of drug-likeness (QED) is 0.339. The minimum atomic E-state index is -4.29. The molecule has 0 fully saturated rings. The molecular weight excluding hydrogens is 292 g/mol. The lowest BCUT2D eigenvalue weighted by Crippen LogP contribution is -2.27. The van der Waals surface area contributed by atoms with Crippen molar-refractivity contribution < 1.29 is 28.7 Å². The van der Waals surface area contributed by atoms with Crippen molar-refractivity contribution in [1.29, 1.82) is 0 Å². The summed E-state index contributed by atoms with van der Waals surface area (Å²) in [5.74, 6) is 0. The van der Waals surface area contributed by atoms with Crippen LogP contribution in [0.3, 0.4) is 0 Å². The molecule has 0 rings (SSSR count). The van der Waals surface area contributed by atoms with Crippen LogP contribution < -0.4 is 0 Å². The smallest absolute Gasteiger partial charge is 0.324 e. The molecule has 0 aromatic heterocycles. The molecule has 7 nitrogen and oxygen atoms in total. The van der Waals surface area contributed by atoms with Gasteiger partial charge in [-0.05, 0) is 13.0 Å². The van der Waals surface area contributed by atoms with Crippen molar-refractivity contribution >= 4 is 15.2 Å². The molecule has 0 aromatic rings. The summed E-state index contributed by atoms with van der Waals surface area (Å²) in [5, 5.41) is 0. The van der Waals surface area contributed by atoms with E-state index in [2.05, 4.69) is 6.92 Å². The minimum absolute atomic E-state index is 0.294. The zero-order valence-electron chi connectivity index (χ0n) is 11.3. The lowest BCUT2D eigenvalue weighted by Gasteiger charge is -2.22. The van der Waals surface area contributed by atoms with Crippen LogP contribution in [0.25, 0.3) is 0 Å². The molecule has 0 radical (unpaired) electrons. The van der Waals surface area contributed by atoms with Gasteiger partial charge in [-0.15, -0.1) is 0 Å². The van der Waals surface area contributed by atoms with Gasteiger partial charge in [-0.3, -0.25) is 14.0 Å². The molecule has 0 atom stereocenters. The molecule has 0 amide bonds. The van der Waals surface area contributed by atoms with Gasteiger partial charge in [0.05, 0.1) is 0 Å². The Hall–Kier alpha value is 0.260. The van der Waals surface area contributed by atoms with Crippen LogP contribution in [-0.4, -0.2) is 43.6 Å². The van der Waals surface area contributed by atoms with Crippen LogP contribution in [0.1, 0.15) is 45.4 Å². The van der Waals surface area contributed by atoms with E-state index in [1.54, 1.807) is 0 Å². The molecule has 9 heteroatoms. The average Bonchev–Trinajstić information content (AvgIpc) is 2.18. The molecule has 116 valence electrons. The van der Waals surface area contributed by atoms with Gasteiger partial charge in [0.15, 0.2) is 0 Å². The van der Waals surface area contributed by atoms with E-state index in [4.69, 9.17) is 19.6 Å². The molecule has 0 bridgehead atoms. The maximum atomic E-state index is 10.9. The summed E-state index contributed by atoms with van der Waals surface area (Å²) in [5.41, 5.74) is 0. The topological polar surface area (TPSA) is 118 Å². The fourth-order valence-corrected chi connectivity index (χ4v) is 3.51. The van der Waals surface area contributed by atoms with Crippen molar-refractivity contribution in [2.24, 2.45) is 0 Å². The Bertz CT molecular complexity index is 302. The number of nitrogens with zero attached hydrogens (tertiary/aromatic N) is 1. The molecule has 0 aromatic carbocycles. The second kappa shape index (κ2) is 9.24. The third-order valence-corrected chi connectivity index (χ3v) is 4.13. The van der Waals surface area contributed by atoms with E-state index in [1.165, 1.54) is 0 Å². The maximum Gasteiger partial charge on any atom is 0.339 e. The van der Waals surface area contributed by atoms with E-state index < -0.39 is 27.8 Å². The van der Waals surface area contributed by atoms with Crippen molar-refractivity contribution in [3.63, 3.8) is 0 Å². The molecule has 0 aliphatic carbocycles. The summed E-state index contributed by atoms with van der Waals surface area (Å²) >= 11 is 0. The Morgan fingerprint density at radius 3 is 1.63 bits per heavy atom. The van der Waals surface area contributed by atoms with Crippen LogP contribution in [0.5, 0.6) is 0 Å². The van der Waals surface area contributed by atoms with Gasteiger partial charge in [-0.1, -0.05) is 39.0 Å². The molecule has 0 aliphatic rings. The molecule has 0 aliphatic heterocycles. The molecule has 0 spiro atoms. The highest BCUT2D eigenvalue weighted by Crippen LogP contribution is 2.40. The van der Waals surface area contributed by atoms with Gasteiger partial charge in [-0.2, -0.15) is 0 Å². The molecule has 0 saturated carbocycles. The Kier molecular flexibility index (Phi) is 9.37. The van der Waals surface area contributed by atoms with Crippen LogP contribution in [0, 0.1) is 0 Å². The highest BCUT2D eigenvalue weighted by Gasteiger charge is 2.25. The molecule has 4 N–H and O–H groups in total. The second-order valence-corrected chi connectivity index (χ2v) is 8.00. The fraction of sp³-hybridized carbons (Fsp3) is 1.00. The van der Waals surface area contributed by atoms with Gasteiger partial charge in [0.25, 0.3) is 0 Å². The molecular formula is C10H25NO6P2. The first-order valence-corrected chi connectivity index (χ1v) is 10.0. The second-order valence-electron chi connectivity index (χ2n) is 4.77. The molecule has 19 heavy (non-hydrogen) atoms. The van der Waals surface area contributed by atoms with E-state index in [0.717, 1.165) is 37.0 Å². The first-order valence-electron chi connectivity index (χ1n) is 6.45. The monoisotopic (exact) mass is 317 g/mol. The lowest BCUT2D eigenvalue weighted by atomic mass is 10.1. The predicted molar refractivity (Wildman–Crippen MR) is 73.9 cm³/mol. The van der Waals surface area contributed by atoms with E-state index >= 15 is 0 Å². The van der Waals surface area contributed by atoms with Crippen LogP contribution in [-0.2, 0) is 9.13 Å². The standard InChI is InChI=1S/C10H25NO6P2/c1-2-3-4-5-6-7-8-11(9-18(12,13)14)10-19(15,16)17/h2-10H2,1H3,(H2,12,13,14)(H2,15,16,17). The van der Waals surface area contributed by atoms with E-state index in [-0.39, 0.29) is 0 Å². The first-order chi connectivity index (χ1) is 8.64. The van der Waals surface area contributed by atoms with Gasteiger partial charge >= 0.3 is 15.2 Å². The van der Waals surface area contributed by atoms with E-state index in [9.17, 15) is 9.13 Å². The molecule has 0 heterocycles. The fourth-order valence-electron chi connectivity index (χ4n) is 1.82. The molecule has 0 saturated heterocycles. The summed E-state index contributed by atoms with van der Waals surface area (Å²) in [6.45, 7) is 2.41. The van der Waals surface area contributed by atoms with Crippen LogP contribution in [0.4, 0.5) is 0 Å². The Balaban J connectivity index is 4.06. The van der Waals surface area contributed by atoms with E-state index in [0.29, 0.717) is 13.0 Å². The normalized spacial score (nSPS) is 13.2. The number of hydrogen-bond donors (Lipinski definition) is 4. The lowest BCUT2D eigenvalue weighted by molar-refractivity contribution is 0.273. The number of rotatable bonds is 11. The predicted octanol–water partition coefficient (Wildman–Crippen LogP) is 1.92. The van der Waals surface area contributed by atoms with Gasteiger partial charge in [0.2, 0.25) is 0 Å². The summed E-state index contributed by atoms with van der Waals surface area (Å²) in [7, 11) is -8.58. The van der Waals surface area contributed by atoms with Crippen molar-refractivity contribution in [2.45, 2.75) is 45.4 Å². The largest absolute Gasteiger partial charge is 0.339 e. The number of hydrogen-bond acceptors (Lipinski definition) is 3. The third-order valence-electron chi connectivity index (χ3n) is 2.60. The van der Waals surface area contributed by atoms with E-state index in [1.807, 2.05) is 0 Å². The van der Waals surface area contributed by atoms with Gasteiger partial charge in [0, 0.05) is 0 Å². The first kappa shape index (κ1) is 19.3. The van der Waals surface area contributed by atoms with Crippen molar-refractivity contribution in [1.82, 2.24) is 4.90 Å². The highest BCUT2D eigenvalue weighted by molar-refractivity contribution is 7.52. The number of unbranched alkanes of at least 4 members (excludes halogenated alkanes) is 5. The van der Waals surface area contributed by atoms with Gasteiger partial charge in [0.1, 0.15) is 12.6 Å². The summed E-state index contributed by atoms with van der Waals surface area (Å²) in [4.78, 5) is 36.7. The highest BCUT2D eigenvalue weighted by atomic mass is 31.2. The van der Waals surface area contributed by atoms with Gasteiger partial charge in [-0.25, -0.2) is 0 Å². The zero-order valence-corrected chi connectivity index (χ0v) is 13.1. The SMILES string of the molecule is CCCCCCCCN(CP(=O)(O)O)CP(=O)(O)O. The summed E-state index contributed by atoms with van der Waals surface area (Å²) in [6.07, 6.45) is 4.83. The van der Waals surface area contributed by atoms with Crippen molar-refractivity contribution in [3.05, 3.63) is 0 Å². The Labute approximate surface area is 114 Å². The summed E-state index contributed by atoms with van der Waals surface area (Å²) in [6, 6.07) is 0. The van der Waals surface area contributed by atoms with Crippen molar-refractivity contribution in [3.8, 4) is 0 Å². The minimum Gasteiger partial charge on any atom is -0.324 e. The average molecular weight is 317 g/mol. The van der Waals surface area contributed by atoms with Crippen LogP contribution in [0.15, 0.2) is 0 Å². The maximum absolute atomic E-state index is 10.9. The Morgan fingerprint density at radius 1 is 0.789 bits per heavy atom. The van der Waals surface area contributed by atoms with Crippen LogP contribution >= 0.6 is 15.2 Å².